The zero-order chi connectivity index (χ0) is 15.0. The Morgan fingerprint density at radius 2 is 1.95 bits per heavy atom. The van der Waals surface area contributed by atoms with Crippen LogP contribution in [-0.2, 0) is 16.4 Å². The van der Waals surface area contributed by atoms with Crippen molar-refractivity contribution >= 4 is 9.84 Å². The van der Waals surface area contributed by atoms with Crippen LogP contribution in [0.2, 0.25) is 0 Å². The Bertz CT molecular complexity index is 498. The van der Waals surface area contributed by atoms with Gasteiger partial charge in [0.1, 0.15) is 12.4 Å². The number of sulfone groups is 1. The molecule has 0 spiro atoms. The van der Waals surface area contributed by atoms with E-state index in [1.807, 2.05) is 24.3 Å². The first-order valence-electron chi connectivity index (χ1n) is 7.10. The molecular formula is C15H25NO3S. The van der Waals surface area contributed by atoms with Crippen LogP contribution in [0.5, 0.6) is 5.75 Å². The molecule has 0 heterocycles. The number of ether oxygens (including phenoxy) is 1. The maximum atomic E-state index is 11.7. The molecule has 0 aliphatic carbocycles. The normalized spacial score (nSPS) is 11.8. The summed E-state index contributed by atoms with van der Waals surface area (Å²) in [5.74, 6) is 0.816. The Balaban J connectivity index is 2.55. The van der Waals surface area contributed by atoms with Gasteiger partial charge in [-0.3, -0.25) is 0 Å². The fourth-order valence-corrected chi connectivity index (χ4v) is 2.48. The van der Waals surface area contributed by atoms with E-state index in [1.54, 1.807) is 13.8 Å². The highest BCUT2D eigenvalue weighted by atomic mass is 32.2. The zero-order valence-electron chi connectivity index (χ0n) is 12.6. The van der Waals surface area contributed by atoms with Crippen LogP contribution < -0.4 is 10.1 Å². The average molecular weight is 299 g/mol. The molecule has 0 fully saturated rings. The topological polar surface area (TPSA) is 55.4 Å². The fourth-order valence-electron chi connectivity index (χ4n) is 1.69. The number of benzene rings is 1. The van der Waals surface area contributed by atoms with Crippen LogP contribution in [0.15, 0.2) is 24.3 Å². The molecule has 1 N–H and O–H groups in total. The Hall–Kier alpha value is -1.07. The third kappa shape index (κ3) is 5.51. The molecule has 0 aliphatic heterocycles. The number of hydrogen-bond donors (Lipinski definition) is 1. The van der Waals surface area contributed by atoms with Crippen molar-refractivity contribution in [1.82, 2.24) is 5.32 Å². The van der Waals surface area contributed by atoms with Gasteiger partial charge in [-0.05, 0) is 32.9 Å². The Kier molecular flexibility index (Phi) is 7.02. The Morgan fingerprint density at radius 1 is 1.25 bits per heavy atom. The van der Waals surface area contributed by atoms with E-state index in [1.165, 1.54) is 0 Å². The highest BCUT2D eigenvalue weighted by molar-refractivity contribution is 7.91. The summed E-state index contributed by atoms with van der Waals surface area (Å²) in [4.78, 5) is 0. The fraction of sp³-hybridized carbons (Fsp3) is 0.600. The van der Waals surface area contributed by atoms with Crippen molar-refractivity contribution in [2.24, 2.45) is 0 Å². The lowest BCUT2D eigenvalue weighted by molar-refractivity contribution is 0.336. The highest BCUT2D eigenvalue weighted by Crippen LogP contribution is 2.18. The quantitative estimate of drug-likeness (QED) is 0.711. The lowest BCUT2D eigenvalue weighted by atomic mass is 10.2. The van der Waals surface area contributed by atoms with Gasteiger partial charge < -0.3 is 10.1 Å². The van der Waals surface area contributed by atoms with E-state index in [9.17, 15) is 8.42 Å². The first-order chi connectivity index (χ1) is 9.47. The molecule has 4 nitrogen and oxygen atoms in total. The molecule has 114 valence electrons. The molecule has 0 aliphatic rings. The third-order valence-corrected chi connectivity index (χ3v) is 5.23. The molecule has 0 saturated carbocycles. The molecule has 0 saturated heterocycles. The second-order valence-electron chi connectivity index (χ2n) is 5.05. The summed E-state index contributed by atoms with van der Waals surface area (Å²) in [6.07, 6.45) is 1.08. The van der Waals surface area contributed by atoms with Crippen molar-refractivity contribution in [3.63, 3.8) is 0 Å². The molecule has 0 aromatic heterocycles. The van der Waals surface area contributed by atoms with Gasteiger partial charge in [0, 0.05) is 12.1 Å². The van der Waals surface area contributed by atoms with Crippen LogP contribution in [0, 0.1) is 0 Å². The summed E-state index contributed by atoms with van der Waals surface area (Å²) in [6.45, 7) is 7.39. The summed E-state index contributed by atoms with van der Waals surface area (Å²) < 4.78 is 29.1. The van der Waals surface area contributed by atoms with E-state index in [0.717, 1.165) is 30.8 Å². The first-order valence-corrected chi connectivity index (χ1v) is 8.82. The number of hydrogen-bond acceptors (Lipinski definition) is 4. The second-order valence-corrected chi connectivity index (χ2v) is 7.73. The number of nitrogens with one attached hydrogen (secondary N) is 1. The largest absolute Gasteiger partial charge is 0.492 e. The smallest absolute Gasteiger partial charge is 0.155 e. The van der Waals surface area contributed by atoms with Gasteiger partial charge in [0.15, 0.2) is 9.84 Å². The van der Waals surface area contributed by atoms with Crippen LogP contribution in [0.25, 0.3) is 0 Å². The van der Waals surface area contributed by atoms with Gasteiger partial charge >= 0.3 is 0 Å². The van der Waals surface area contributed by atoms with E-state index in [0.29, 0.717) is 0 Å². The van der Waals surface area contributed by atoms with E-state index in [-0.39, 0.29) is 17.6 Å². The van der Waals surface area contributed by atoms with Crippen LogP contribution >= 0.6 is 0 Å². The second kappa shape index (κ2) is 8.27. The van der Waals surface area contributed by atoms with Crippen LogP contribution in [0.3, 0.4) is 0 Å². The van der Waals surface area contributed by atoms with E-state index < -0.39 is 9.84 Å². The molecule has 0 unspecified atom stereocenters. The maximum Gasteiger partial charge on any atom is 0.155 e. The summed E-state index contributed by atoms with van der Waals surface area (Å²) in [7, 11) is -3.04. The molecule has 1 rings (SSSR count). The molecule has 0 amide bonds. The number of para-hydroxylation sites is 1. The summed E-state index contributed by atoms with van der Waals surface area (Å²) in [5.41, 5.74) is 1.06. The molecule has 1 aromatic carbocycles. The van der Waals surface area contributed by atoms with E-state index >= 15 is 0 Å². The van der Waals surface area contributed by atoms with Gasteiger partial charge in [-0.2, -0.15) is 0 Å². The number of rotatable bonds is 9. The molecule has 0 atom stereocenters. The van der Waals surface area contributed by atoms with E-state index in [4.69, 9.17) is 4.74 Å². The summed E-state index contributed by atoms with van der Waals surface area (Å²) in [5, 5.41) is 2.96. The Morgan fingerprint density at radius 3 is 2.60 bits per heavy atom. The molecular weight excluding hydrogens is 274 g/mol. The van der Waals surface area contributed by atoms with Gasteiger partial charge in [-0.25, -0.2) is 8.42 Å². The van der Waals surface area contributed by atoms with Crippen molar-refractivity contribution < 1.29 is 13.2 Å². The molecule has 0 radical (unpaired) electrons. The van der Waals surface area contributed by atoms with Crippen molar-refractivity contribution in [3.05, 3.63) is 29.8 Å². The predicted molar refractivity (Wildman–Crippen MR) is 82.9 cm³/mol. The molecule has 20 heavy (non-hydrogen) atoms. The van der Waals surface area contributed by atoms with Crippen LogP contribution in [0.4, 0.5) is 0 Å². The van der Waals surface area contributed by atoms with Crippen molar-refractivity contribution in [3.8, 4) is 5.75 Å². The minimum Gasteiger partial charge on any atom is -0.492 e. The van der Waals surface area contributed by atoms with E-state index in [2.05, 4.69) is 12.2 Å². The SMILES string of the molecule is CCCNCc1ccccc1OCCS(=O)(=O)C(C)C. The standard InChI is InChI=1S/C15H25NO3S/c1-4-9-16-12-14-7-5-6-8-15(14)19-10-11-20(17,18)13(2)3/h5-8,13,16H,4,9-12H2,1-3H3. The third-order valence-electron chi connectivity index (χ3n) is 3.06. The highest BCUT2D eigenvalue weighted by Gasteiger charge is 2.16. The zero-order valence-corrected chi connectivity index (χ0v) is 13.4. The van der Waals surface area contributed by atoms with Crippen molar-refractivity contribution in [2.45, 2.75) is 39.0 Å². The molecule has 1 aromatic rings. The predicted octanol–water partition coefficient (Wildman–Crippen LogP) is 2.39. The maximum absolute atomic E-state index is 11.7. The summed E-state index contributed by atoms with van der Waals surface area (Å²) in [6, 6.07) is 7.73. The minimum absolute atomic E-state index is 0.0569. The van der Waals surface area contributed by atoms with Gasteiger partial charge in [0.05, 0.1) is 11.0 Å². The first kappa shape index (κ1) is 17.0. The van der Waals surface area contributed by atoms with Crippen molar-refractivity contribution in [2.75, 3.05) is 18.9 Å². The lowest BCUT2D eigenvalue weighted by Crippen LogP contribution is -2.22. The van der Waals surface area contributed by atoms with Crippen molar-refractivity contribution in [1.29, 1.82) is 0 Å². The van der Waals surface area contributed by atoms with Gasteiger partial charge in [-0.1, -0.05) is 25.1 Å². The minimum atomic E-state index is -3.04. The van der Waals surface area contributed by atoms with Crippen LogP contribution in [-0.4, -0.2) is 32.6 Å². The molecule has 5 heteroatoms. The lowest BCUT2D eigenvalue weighted by Gasteiger charge is -2.13. The Labute approximate surface area is 122 Å². The van der Waals surface area contributed by atoms with Crippen LogP contribution in [0.1, 0.15) is 32.8 Å². The van der Waals surface area contributed by atoms with Gasteiger partial charge in [0.25, 0.3) is 0 Å². The summed E-state index contributed by atoms with van der Waals surface area (Å²) >= 11 is 0. The van der Waals surface area contributed by atoms with Gasteiger partial charge in [-0.15, -0.1) is 0 Å². The average Bonchev–Trinajstić information content (AvgIpc) is 2.40. The van der Waals surface area contributed by atoms with Gasteiger partial charge in [0.2, 0.25) is 0 Å². The monoisotopic (exact) mass is 299 g/mol. The molecule has 0 bridgehead atoms.